The van der Waals surface area contributed by atoms with Crippen molar-refractivity contribution in [2.75, 3.05) is 0 Å². The second-order valence-corrected chi connectivity index (χ2v) is 11.0. The molecule has 25 heteroatoms. The first-order chi connectivity index (χ1) is 23.6. The second kappa shape index (κ2) is 14.5. The minimum absolute atomic E-state index is 0.0753. The fraction of sp³-hybridized carbons (Fsp3) is 0.500. The molecule has 0 radical (unpaired) electrons. The van der Waals surface area contributed by atoms with Crippen LogP contribution in [-0.2, 0) is 29.0 Å². The number of aliphatic carboxylic acids is 1. The first kappa shape index (κ1) is 44.9. The van der Waals surface area contributed by atoms with Gasteiger partial charge >= 0.3 is 65.6 Å². The Morgan fingerprint density at radius 3 is 1.36 bits per heavy atom. The largest absolute Gasteiger partial charge is 0.480 e. The van der Waals surface area contributed by atoms with Gasteiger partial charge in [0.2, 0.25) is 0 Å². The molecule has 300 valence electrons. The summed E-state index contributed by atoms with van der Waals surface area (Å²) in [5.41, 5.74) is -0.389. The van der Waals surface area contributed by atoms with Crippen LogP contribution in [0.15, 0.2) is 48.5 Å². The molecular weight excluding hydrogens is 794 g/mol. The Bertz CT molecular complexity index is 1590. The summed E-state index contributed by atoms with van der Waals surface area (Å²) in [6, 6.07) is 5.96. The van der Waals surface area contributed by atoms with Crippen molar-refractivity contribution >= 4 is 12.1 Å². The number of hydrogen-bond acceptors (Lipinski definition) is 3. The van der Waals surface area contributed by atoms with E-state index in [1.165, 1.54) is 12.1 Å². The van der Waals surface area contributed by atoms with Gasteiger partial charge in [-0.1, -0.05) is 36.4 Å². The van der Waals surface area contributed by atoms with Gasteiger partial charge in [-0.3, -0.25) is 0 Å². The number of carboxylic acids is 1. The number of nitrogens with one attached hydrogen (secondary N) is 1. The molecule has 1 atom stereocenters. The summed E-state index contributed by atoms with van der Waals surface area (Å²) >= 11 is 0. The van der Waals surface area contributed by atoms with E-state index >= 15 is 0 Å². The van der Waals surface area contributed by atoms with Crippen LogP contribution in [0.2, 0.25) is 0 Å². The number of amides is 1. The van der Waals surface area contributed by atoms with Crippen LogP contribution < -0.4 is 5.32 Å². The molecular formula is C28H19F20NO4. The van der Waals surface area contributed by atoms with Crippen molar-refractivity contribution in [3.05, 3.63) is 71.0 Å². The van der Waals surface area contributed by atoms with E-state index in [1.807, 2.05) is 5.32 Å². The zero-order valence-corrected chi connectivity index (χ0v) is 25.3. The fourth-order valence-electron chi connectivity index (χ4n) is 4.04. The molecule has 2 aromatic rings. The van der Waals surface area contributed by atoms with Crippen molar-refractivity contribution in [2.24, 2.45) is 0 Å². The smallest absolute Gasteiger partial charge is 0.460 e. The Hall–Kier alpha value is -4.22. The van der Waals surface area contributed by atoms with Crippen molar-refractivity contribution in [1.82, 2.24) is 5.32 Å². The molecule has 0 spiro atoms. The highest BCUT2D eigenvalue weighted by molar-refractivity contribution is 5.80. The van der Waals surface area contributed by atoms with Crippen molar-refractivity contribution in [1.29, 1.82) is 0 Å². The minimum atomic E-state index is -8.99. The molecule has 0 heterocycles. The molecule has 0 aromatic heterocycles. The number of hydrogen-bond donors (Lipinski definition) is 2. The zero-order chi connectivity index (χ0) is 41.4. The van der Waals surface area contributed by atoms with E-state index in [0.29, 0.717) is 12.1 Å². The van der Waals surface area contributed by atoms with E-state index < -0.39 is 102 Å². The van der Waals surface area contributed by atoms with Gasteiger partial charge in [-0.05, 0) is 35.2 Å². The van der Waals surface area contributed by atoms with Crippen molar-refractivity contribution in [2.45, 2.75) is 85.5 Å². The van der Waals surface area contributed by atoms with Gasteiger partial charge in [0, 0.05) is 12.8 Å². The Kier molecular flexibility index (Phi) is 12.3. The third-order valence-electron chi connectivity index (χ3n) is 7.25. The lowest BCUT2D eigenvalue weighted by atomic mass is 9.86. The number of aryl methyl sites for hydroxylation is 1. The highest BCUT2D eigenvalue weighted by Crippen LogP contribution is 2.65. The van der Waals surface area contributed by atoms with Gasteiger partial charge in [-0.15, -0.1) is 0 Å². The van der Waals surface area contributed by atoms with E-state index in [4.69, 9.17) is 4.74 Å². The van der Waals surface area contributed by atoms with Gasteiger partial charge in [0.25, 0.3) is 0 Å². The topological polar surface area (TPSA) is 75.6 Å². The van der Waals surface area contributed by atoms with Gasteiger partial charge in [-0.2, -0.15) is 83.4 Å². The lowest BCUT2D eigenvalue weighted by Gasteiger charge is -2.43. The van der Waals surface area contributed by atoms with E-state index in [1.54, 1.807) is 0 Å². The normalized spacial score (nSPS) is 14.9. The van der Waals surface area contributed by atoms with Gasteiger partial charge < -0.3 is 15.2 Å². The van der Waals surface area contributed by atoms with Gasteiger partial charge in [0.1, 0.15) is 18.5 Å². The maximum atomic E-state index is 14.2. The number of carboxylic acid groups (broad SMARTS) is 1. The van der Waals surface area contributed by atoms with Crippen LogP contribution in [-0.4, -0.2) is 76.8 Å². The monoisotopic (exact) mass is 813 g/mol. The number of ether oxygens (including phenoxy) is 1. The molecule has 2 N–H and O–H groups in total. The lowest BCUT2D eigenvalue weighted by Crippen LogP contribution is -2.75. The minimum Gasteiger partial charge on any atom is -0.480 e. The Morgan fingerprint density at radius 2 is 0.943 bits per heavy atom. The van der Waals surface area contributed by atoms with Crippen LogP contribution in [0, 0.1) is 5.82 Å². The number of carbonyl (C=O) groups excluding carboxylic acids is 1. The van der Waals surface area contributed by atoms with Crippen LogP contribution in [0.5, 0.6) is 0 Å². The van der Waals surface area contributed by atoms with Crippen LogP contribution in [0.1, 0.15) is 23.1 Å². The third kappa shape index (κ3) is 8.16. The predicted molar refractivity (Wildman–Crippen MR) is 135 cm³/mol. The van der Waals surface area contributed by atoms with Crippen LogP contribution >= 0.6 is 0 Å². The number of rotatable bonds is 16. The fourth-order valence-corrected chi connectivity index (χ4v) is 4.04. The van der Waals surface area contributed by atoms with Crippen molar-refractivity contribution in [3.63, 3.8) is 0 Å². The molecule has 2 aromatic carbocycles. The molecule has 5 nitrogen and oxygen atoms in total. The SMILES string of the molecule is O=C(N[C@@H](Cc1ccc(F)cc1)C(=O)O)OCc1ccc(CCC(F)(F)C(F)(F)C(F)(F)C(F)(F)C(F)(F)C(F)(F)C(F)(F)C(F)(F)C(F)(F)F)cc1. The van der Waals surface area contributed by atoms with E-state index in [9.17, 15) is 103 Å². The summed E-state index contributed by atoms with van der Waals surface area (Å²) in [5.74, 6) is -69.3. The number of carbonyl (C=O) groups is 2. The van der Waals surface area contributed by atoms with E-state index in [2.05, 4.69) is 0 Å². The molecule has 0 aliphatic rings. The van der Waals surface area contributed by atoms with Crippen LogP contribution in [0.3, 0.4) is 0 Å². The summed E-state index contributed by atoms with van der Waals surface area (Å²) in [7, 11) is 0. The summed E-state index contributed by atoms with van der Waals surface area (Å²) in [5, 5.41) is 11.2. The number of benzene rings is 2. The van der Waals surface area contributed by atoms with Gasteiger partial charge in [-0.25, -0.2) is 14.0 Å². The first-order valence-corrected chi connectivity index (χ1v) is 13.7. The highest BCUT2D eigenvalue weighted by Gasteiger charge is 2.96. The molecule has 0 saturated heterocycles. The molecule has 2 rings (SSSR count). The Morgan fingerprint density at radius 1 is 0.566 bits per heavy atom. The van der Waals surface area contributed by atoms with Crippen LogP contribution in [0.4, 0.5) is 92.6 Å². The van der Waals surface area contributed by atoms with Gasteiger partial charge in [0.05, 0.1) is 0 Å². The Labute approximate surface area is 281 Å². The number of alkyl carbamates (subject to hydrolysis) is 1. The average Bonchev–Trinajstić information content (AvgIpc) is 3.02. The van der Waals surface area contributed by atoms with Crippen LogP contribution in [0.25, 0.3) is 0 Å². The Balaban J connectivity index is 2.18. The molecule has 0 fully saturated rings. The molecule has 0 saturated carbocycles. The van der Waals surface area contributed by atoms with Crippen molar-refractivity contribution < 1.29 is 107 Å². The second-order valence-electron chi connectivity index (χ2n) is 11.0. The molecule has 1 amide bonds. The predicted octanol–water partition coefficient (Wildman–Crippen LogP) is 9.33. The molecule has 53 heavy (non-hydrogen) atoms. The molecule has 0 aliphatic carbocycles. The van der Waals surface area contributed by atoms with Crippen molar-refractivity contribution in [3.8, 4) is 0 Å². The van der Waals surface area contributed by atoms with E-state index in [0.717, 1.165) is 24.3 Å². The van der Waals surface area contributed by atoms with E-state index in [-0.39, 0.29) is 17.5 Å². The number of halogens is 20. The standard InChI is InChI=1S/C28H19F20NO4/c29-16-7-5-14(6-8-16)11-17(18(50)51)49-19(52)53-12-15-3-1-13(2-4-15)9-10-20(30,31)21(32,33)22(34,35)23(36,37)24(38,39)25(40,41)26(42,43)27(44,45)28(46,47)48/h1-8,17H,9-12H2,(H,49,52)(H,50,51)/t17-/m0/s1. The first-order valence-electron chi connectivity index (χ1n) is 13.7. The summed E-state index contributed by atoms with van der Waals surface area (Å²) < 4.78 is 274. The molecule has 0 aliphatic heterocycles. The van der Waals surface area contributed by atoms with Gasteiger partial charge in [0.15, 0.2) is 0 Å². The molecule has 0 unspecified atom stereocenters. The highest BCUT2D eigenvalue weighted by atomic mass is 19.4. The quantitative estimate of drug-likeness (QED) is 0.166. The number of alkyl halides is 19. The average molecular weight is 813 g/mol. The summed E-state index contributed by atoms with van der Waals surface area (Å²) in [6.45, 7) is -0.725. The lowest BCUT2D eigenvalue weighted by molar-refractivity contribution is -0.468. The summed E-state index contributed by atoms with van der Waals surface area (Å²) in [6.07, 6.45) is -14.0. The zero-order valence-electron chi connectivity index (χ0n) is 25.3. The molecule has 0 bridgehead atoms. The maximum absolute atomic E-state index is 14.2. The summed E-state index contributed by atoms with van der Waals surface area (Å²) in [4.78, 5) is 23.4. The maximum Gasteiger partial charge on any atom is 0.460 e. The third-order valence-corrected chi connectivity index (χ3v) is 7.25.